The third-order valence-corrected chi connectivity index (χ3v) is 2.75. The molecular formula is C9H10N2O2S. The smallest absolute Gasteiger partial charge is 0.306 e. The van der Waals surface area contributed by atoms with E-state index in [1.807, 2.05) is 0 Å². The van der Waals surface area contributed by atoms with Crippen LogP contribution in [0.2, 0.25) is 0 Å². The van der Waals surface area contributed by atoms with Crippen molar-refractivity contribution >= 4 is 18.2 Å². The van der Waals surface area contributed by atoms with E-state index in [0.29, 0.717) is 17.6 Å². The van der Waals surface area contributed by atoms with Crippen LogP contribution in [-0.2, 0) is 17.6 Å². The summed E-state index contributed by atoms with van der Waals surface area (Å²) in [7, 11) is 0. The largest absolute Gasteiger partial charge is 0.481 e. The number of aliphatic carboxylic acids is 1. The summed E-state index contributed by atoms with van der Waals surface area (Å²) >= 11 is 4.90. The highest BCUT2D eigenvalue weighted by atomic mass is 32.1. The van der Waals surface area contributed by atoms with Crippen molar-refractivity contribution in [2.45, 2.75) is 19.3 Å². The van der Waals surface area contributed by atoms with Crippen LogP contribution in [0.1, 0.15) is 17.7 Å². The van der Waals surface area contributed by atoms with E-state index in [1.165, 1.54) is 0 Å². The van der Waals surface area contributed by atoms with Crippen LogP contribution >= 0.6 is 12.2 Å². The Morgan fingerprint density at radius 2 is 2.50 bits per heavy atom. The first-order valence-corrected chi connectivity index (χ1v) is 4.87. The van der Waals surface area contributed by atoms with Gasteiger partial charge in [-0.05, 0) is 37.0 Å². The van der Waals surface area contributed by atoms with Crippen molar-refractivity contribution in [2.75, 3.05) is 0 Å². The average molecular weight is 210 g/mol. The quantitative estimate of drug-likeness (QED) is 0.686. The topological polar surface area (TPSA) is 66.0 Å². The molecule has 0 amide bonds. The van der Waals surface area contributed by atoms with Gasteiger partial charge < -0.3 is 10.1 Å². The molecule has 0 radical (unpaired) electrons. The predicted octanol–water partition coefficient (Wildman–Crippen LogP) is 1.33. The number of aryl methyl sites for hydroxylation is 1. The maximum absolute atomic E-state index is 10.8. The second-order valence-electron chi connectivity index (χ2n) is 3.47. The molecule has 0 aliphatic heterocycles. The minimum Gasteiger partial charge on any atom is -0.481 e. The van der Waals surface area contributed by atoms with Gasteiger partial charge in [0.2, 0.25) is 0 Å². The molecule has 74 valence electrons. The summed E-state index contributed by atoms with van der Waals surface area (Å²) in [6.45, 7) is 0. The molecule has 0 bridgehead atoms. The molecule has 14 heavy (non-hydrogen) atoms. The number of hydrogen-bond donors (Lipinski definition) is 2. The molecule has 1 heterocycles. The zero-order valence-electron chi connectivity index (χ0n) is 7.49. The van der Waals surface area contributed by atoms with Crippen molar-refractivity contribution < 1.29 is 9.90 Å². The van der Waals surface area contributed by atoms with Crippen molar-refractivity contribution in [1.29, 1.82) is 0 Å². The van der Waals surface area contributed by atoms with Crippen LogP contribution in [0, 0.1) is 10.7 Å². The third kappa shape index (κ3) is 1.68. The van der Waals surface area contributed by atoms with E-state index in [1.54, 1.807) is 6.20 Å². The van der Waals surface area contributed by atoms with Crippen LogP contribution in [0.15, 0.2) is 6.20 Å². The molecule has 1 aromatic heterocycles. The van der Waals surface area contributed by atoms with Crippen LogP contribution in [0.4, 0.5) is 0 Å². The lowest BCUT2D eigenvalue weighted by Crippen LogP contribution is -2.23. The van der Waals surface area contributed by atoms with Crippen molar-refractivity contribution in [2.24, 2.45) is 5.92 Å². The summed E-state index contributed by atoms with van der Waals surface area (Å²) in [4.78, 5) is 17.7. The van der Waals surface area contributed by atoms with Crippen LogP contribution < -0.4 is 0 Å². The molecule has 2 rings (SSSR count). The molecule has 0 unspecified atom stereocenters. The fraction of sp³-hybridized carbons (Fsp3) is 0.444. The van der Waals surface area contributed by atoms with E-state index in [9.17, 15) is 4.79 Å². The van der Waals surface area contributed by atoms with Gasteiger partial charge in [-0.15, -0.1) is 0 Å². The Labute approximate surface area is 86.0 Å². The highest BCUT2D eigenvalue weighted by Gasteiger charge is 2.24. The summed E-state index contributed by atoms with van der Waals surface area (Å²) in [5, 5.41) is 8.87. The summed E-state index contributed by atoms with van der Waals surface area (Å²) in [6.07, 6.45) is 3.67. The Morgan fingerprint density at radius 3 is 3.21 bits per heavy atom. The highest BCUT2D eigenvalue weighted by Crippen LogP contribution is 2.23. The number of aromatic nitrogens is 2. The number of rotatable bonds is 1. The number of hydrogen-bond acceptors (Lipinski definition) is 3. The molecule has 2 N–H and O–H groups in total. The first kappa shape index (κ1) is 9.33. The lowest BCUT2D eigenvalue weighted by atomic mass is 9.87. The van der Waals surface area contributed by atoms with Gasteiger partial charge in [0.15, 0.2) is 4.77 Å². The second-order valence-corrected chi connectivity index (χ2v) is 3.86. The number of fused-ring (bicyclic) bond motifs is 1. The molecule has 1 aliphatic rings. The maximum atomic E-state index is 10.8. The fourth-order valence-corrected chi connectivity index (χ4v) is 1.93. The van der Waals surface area contributed by atoms with Gasteiger partial charge in [0, 0.05) is 11.9 Å². The van der Waals surface area contributed by atoms with E-state index in [-0.39, 0.29) is 5.92 Å². The van der Waals surface area contributed by atoms with E-state index >= 15 is 0 Å². The molecule has 5 heteroatoms. The molecule has 0 spiro atoms. The average Bonchev–Trinajstić information content (AvgIpc) is 2.16. The lowest BCUT2D eigenvalue weighted by molar-refractivity contribution is -0.142. The van der Waals surface area contributed by atoms with Gasteiger partial charge in [0.25, 0.3) is 0 Å². The zero-order chi connectivity index (χ0) is 10.1. The number of nitrogens with one attached hydrogen (secondary N) is 1. The van der Waals surface area contributed by atoms with Gasteiger partial charge in [0.05, 0.1) is 5.92 Å². The van der Waals surface area contributed by atoms with E-state index in [4.69, 9.17) is 17.3 Å². The standard InChI is InChI=1S/C9H10N2O2S/c12-8(13)5-1-2-7-6(3-5)4-10-9(14)11-7/h4-5H,1-3H2,(H,12,13)(H,10,11,14)/t5-/m1/s1. The first-order chi connectivity index (χ1) is 6.66. The molecule has 0 fully saturated rings. The van der Waals surface area contributed by atoms with Gasteiger partial charge in [-0.2, -0.15) is 0 Å². The molecular weight excluding hydrogens is 200 g/mol. The summed E-state index contributed by atoms with van der Waals surface area (Å²) in [5.41, 5.74) is 2.03. The SMILES string of the molecule is O=C(O)[C@@H]1CCc2[nH]c(=S)ncc2C1. The van der Waals surface area contributed by atoms with Crippen molar-refractivity contribution in [3.05, 3.63) is 22.2 Å². The monoisotopic (exact) mass is 210 g/mol. The summed E-state index contributed by atoms with van der Waals surface area (Å²) in [5.74, 6) is -0.994. The Hall–Kier alpha value is -1.23. The van der Waals surface area contributed by atoms with E-state index in [2.05, 4.69) is 9.97 Å². The molecule has 0 saturated heterocycles. The minimum absolute atomic E-state index is 0.270. The van der Waals surface area contributed by atoms with Crippen LogP contribution in [0.5, 0.6) is 0 Å². The lowest BCUT2D eigenvalue weighted by Gasteiger charge is -2.20. The van der Waals surface area contributed by atoms with Gasteiger partial charge >= 0.3 is 5.97 Å². The number of carboxylic acid groups (broad SMARTS) is 1. The number of carboxylic acids is 1. The van der Waals surface area contributed by atoms with Gasteiger partial charge in [-0.3, -0.25) is 4.79 Å². The molecule has 4 nitrogen and oxygen atoms in total. The predicted molar refractivity (Wildman–Crippen MR) is 52.6 cm³/mol. The highest BCUT2D eigenvalue weighted by molar-refractivity contribution is 7.71. The maximum Gasteiger partial charge on any atom is 0.306 e. The Balaban J connectivity index is 2.31. The normalized spacial score (nSPS) is 20.1. The van der Waals surface area contributed by atoms with Gasteiger partial charge in [0.1, 0.15) is 0 Å². The molecule has 1 aliphatic carbocycles. The minimum atomic E-state index is -0.724. The van der Waals surface area contributed by atoms with E-state index < -0.39 is 5.97 Å². The van der Waals surface area contributed by atoms with Crippen molar-refractivity contribution in [1.82, 2.24) is 9.97 Å². The van der Waals surface area contributed by atoms with Crippen LogP contribution in [-0.4, -0.2) is 21.0 Å². The Bertz CT molecular complexity index is 427. The number of nitrogens with zero attached hydrogens (tertiary/aromatic N) is 1. The van der Waals surface area contributed by atoms with E-state index in [0.717, 1.165) is 17.7 Å². The number of H-pyrrole nitrogens is 1. The van der Waals surface area contributed by atoms with Gasteiger partial charge in [-0.25, -0.2) is 4.98 Å². The van der Waals surface area contributed by atoms with Crippen LogP contribution in [0.3, 0.4) is 0 Å². The molecule has 0 saturated carbocycles. The molecule has 0 aromatic carbocycles. The summed E-state index contributed by atoms with van der Waals surface area (Å²) in [6, 6.07) is 0. The first-order valence-electron chi connectivity index (χ1n) is 4.46. The van der Waals surface area contributed by atoms with Crippen molar-refractivity contribution in [3.63, 3.8) is 0 Å². The van der Waals surface area contributed by atoms with Crippen LogP contribution in [0.25, 0.3) is 0 Å². The Kier molecular flexibility index (Phi) is 2.33. The molecule has 1 atom stereocenters. The fourth-order valence-electron chi connectivity index (χ4n) is 1.75. The van der Waals surface area contributed by atoms with Crippen molar-refractivity contribution in [3.8, 4) is 0 Å². The number of carbonyl (C=O) groups is 1. The molecule has 1 aromatic rings. The second kappa shape index (κ2) is 3.49. The number of aromatic amines is 1. The zero-order valence-corrected chi connectivity index (χ0v) is 8.30. The summed E-state index contributed by atoms with van der Waals surface area (Å²) < 4.78 is 0.470. The Morgan fingerprint density at radius 1 is 1.71 bits per heavy atom. The third-order valence-electron chi connectivity index (χ3n) is 2.54. The van der Waals surface area contributed by atoms with Gasteiger partial charge in [-0.1, -0.05) is 0 Å².